The summed E-state index contributed by atoms with van der Waals surface area (Å²) in [5.41, 5.74) is 1.02. The highest BCUT2D eigenvalue weighted by molar-refractivity contribution is 7.91. The summed E-state index contributed by atoms with van der Waals surface area (Å²) in [5.74, 6) is -0.240. The lowest BCUT2D eigenvalue weighted by molar-refractivity contribution is 0.346. The predicted octanol–water partition coefficient (Wildman–Crippen LogP) is 2.83. The van der Waals surface area contributed by atoms with Crippen molar-refractivity contribution in [3.05, 3.63) is 35.6 Å². The summed E-state index contributed by atoms with van der Waals surface area (Å²) in [6, 6.07) is 6.75. The first-order valence-electron chi connectivity index (χ1n) is 7.06. The third kappa shape index (κ3) is 4.03. The fraction of sp³-hybridized carbons (Fsp3) is 0.600. The fourth-order valence-corrected chi connectivity index (χ4v) is 4.06. The van der Waals surface area contributed by atoms with E-state index < -0.39 is 9.84 Å². The van der Waals surface area contributed by atoms with Gasteiger partial charge in [-0.15, -0.1) is 0 Å². The first kappa shape index (κ1) is 15.4. The highest BCUT2D eigenvalue weighted by atomic mass is 32.2. The zero-order valence-electron chi connectivity index (χ0n) is 12.0. The van der Waals surface area contributed by atoms with E-state index in [9.17, 15) is 12.8 Å². The molecular formula is C15H22FNO2S. The number of nitrogens with one attached hydrogen (secondary N) is 1. The van der Waals surface area contributed by atoms with Crippen molar-refractivity contribution in [3.63, 3.8) is 0 Å². The molecule has 3 nitrogen and oxygen atoms in total. The maximum Gasteiger partial charge on any atom is 0.150 e. The van der Waals surface area contributed by atoms with Gasteiger partial charge in [0.1, 0.15) is 15.7 Å². The highest BCUT2D eigenvalue weighted by Gasteiger charge is 2.29. The Morgan fingerprint density at radius 1 is 1.25 bits per heavy atom. The van der Waals surface area contributed by atoms with Crippen molar-refractivity contribution in [2.24, 2.45) is 0 Å². The van der Waals surface area contributed by atoms with E-state index in [0.29, 0.717) is 6.42 Å². The van der Waals surface area contributed by atoms with Gasteiger partial charge in [0.25, 0.3) is 0 Å². The van der Waals surface area contributed by atoms with Gasteiger partial charge in [0, 0.05) is 18.3 Å². The maximum absolute atomic E-state index is 12.9. The smallest absolute Gasteiger partial charge is 0.150 e. The van der Waals surface area contributed by atoms with Crippen LogP contribution in [0.4, 0.5) is 4.39 Å². The molecule has 0 spiro atoms. The number of rotatable bonds is 4. The van der Waals surface area contributed by atoms with Gasteiger partial charge in [0.15, 0.2) is 0 Å². The molecule has 5 heteroatoms. The number of hydrogen-bond donors (Lipinski definition) is 1. The van der Waals surface area contributed by atoms with E-state index in [1.807, 2.05) is 6.92 Å². The second-order valence-corrected chi connectivity index (χ2v) is 8.08. The van der Waals surface area contributed by atoms with E-state index in [2.05, 4.69) is 5.32 Å². The van der Waals surface area contributed by atoms with Crippen LogP contribution in [0.1, 0.15) is 44.2 Å². The SMILES string of the molecule is C[C@H](NC1CCCC(S(C)(=O)=O)C1)c1ccc(F)cc1. The van der Waals surface area contributed by atoms with E-state index in [-0.39, 0.29) is 23.2 Å². The Morgan fingerprint density at radius 3 is 2.50 bits per heavy atom. The maximum atomic E-state index is 12.9. The lowest BCUT2D eigenvalue weighted by atomic mass is 9.93. The Balaban J connectivity index is 1.97. The molecule has 0 radical (unpaired) electrons. The Kier molecular flexibility index (Phi) is 4.81. The average Bonchev–Trinajstić information content (AvgIpc) is 2.38. The number of sulfone groups is 1. The summed E-state index contributed by atoms with van der Waals surface area (Å²) in [4.78, 5) is 0. The van der Waals surface area contributed by atoms with Gasteiger partial charge in [-0.25, -0.2) is 12.8 Å². The van der Waals surface area contributed by atoms with Crippen LogP contribution >= 0.6 is 0 Å². The Labute approximate surface area is 120 Å². The Hall–Kier alpha value is -0.940. The van der Waals surface area contributed by atoms with Crippen molar-refractivity contribution in [1.29, 1.82) is 0 Å². The first-order chi connectivity index (χ1) is 9.36. The third-order valence-electron chi connectivity index (χ3n) is 4.09. The summed E-state index contributed by atoms with van der Waals surface area (Å²) in [5, 5.41) is 3.24. The number of hydrogen-bond acceptors (Lipinski definition) is 3. The van der Waals surface area contributed by atoms with Crippen LogP contribution in [-0.4, -0.2) is 26.0 Å². The fourth-order valence-electron chi connectivity index (χ4n) is 2.89. The van der Waals surface area contributed by atoms with Gasteiger partial charge in [-0.05, 0) is 43.9 Å². The zero-order valence-corrected chi connectivity index (χ0v) is 12.8. The van der Waals surface area contributed by atoms with Gasteiger partial charge >= 0.3 is 0 Å². The van der Waals surface area contributed by atoms with E-state index >= 15 is 0 Å². The normalized spacial score (nSPS) is 25.4. The molecule has 1 aliphatic carbocycles. The molecule has 0 heterocycles. The molecule has 20 heavy (non-hydrogen) atoms. The highest BCUT2D eigenvalue weighted by Crippen LogP contribution is 2.26. The van der Waals surface area contributed by atoms with E-state index in [0.717, 1.165) is 24.8 Å². The summed E-state index contributed by atoms with van der Waals surface area (Å²) < 4.78 is 36.2. The van der Waals surface area contributed by atoms with Gasteiger partial charge in [-0.1, -0.05) is 18.6 Å². The molecule has 1 aromatic rings. The van der Waals surface area contributed by atoms with E-state index in [1.165, 1.54) is 18.4 Å². The molecule has 0 aliphatic heterocycles. The van der Waals surface area contributed by atoms with Gasteiger partial charge < -0.3 is 5.32 Å². The van der Waals surface area contributed by atoms with Crippen molar-refractivity contribution in [2.75, 3.05) is 6.26 Å². The van der Waals surface area contributed by atoms with Crippen molar-refractivity contribution in [3.8, 4) is 0 Å². The Bertz CT molecular complexity index is 541. The molecule has 1 aliphatic rings. The van der Waals surface area contributed by atoms with Gasteiger partial charge in [-0.2, -0.15) is 0 Å². The summed E-state index contributed by atoms with van der Waals surface area (Å²) in [7, 11) is -2.95. The monoisotopic (exact) mass is 299 g/mol. The van der Waals surface area contributed by atoms with E-state index in [4.69, 9.17) is 0 Å². The summed E-state index contributed by atoms with van der Waals surface area (Å²) in [6.07, 6.45) is 4.69. The first-order valence-corrected chi connectivity index (χ1v) is 9.02. The minimum absolute atomic E-state index is 0.0962. The van der Waals surface area contributed by atoms with Crippen molar-refractivity contribution < 1.29 is 12.8 Å². The van der Waals surface area contributed by atoms with Crippen molar-refractivity contribution >= 4 is 9.84 Å². The molecule has 1 N–H and O–H groups in total. The minimum atomic E-state index is -2.95. The lowest BCUT2D eigenvalue weighted by Crippen LogP contribution is -2.39. The van der Waals surface area contributed by atoms with Crippen LogP contribution in [0.15, 0.2) is 24.3 Å². The quantitative estimate of drug-likeness (QED) is 0.930. The second kappa shape index (κ2) is 6.22. The molecule has 0 aromatic heterocycles. The number of benzene rings is 1. The third-order valence-corrected chi connectivity index (χ3v) is 5.73. The zero-order chi connectivity index (χ0) is 14.8. The van der Waals surface area contributed by atoms with Gasteiger partial charge in [0.2, 0.25) is 0 Å². The van der Waals surface area contributed by atoms with Crippen LogP contribution in [0.25, 0.3) is 0 Å². The van der Waals surface area contributed by atoms with Gasteiger partial charge in [-0.3, -0.25) is 0 Å². The second-order valence-electron chi connectivity index (χ2n) is 5.75. The molecule has 3 atom stereocenters. The molecule has 2 unspecified atom stereocenters. The number of halogens is 1. The average molecular weight is 299 g/mol. The summed E-state index contributed by atoms with van der Waals surface area (Å²) >= 11 is 0. The van der Waals surface area contributed by atoms with Crippen LogP contribution in [0, 0.1) is 5.82 Å². The molecule has 1 fully saturated rings. The largest absolute Gasteiger partial charge is 0.307 e. The van der Waals surface area contributed by atoms with Crippen LogP contribution in [0.5, 0.6) is 0 Å². The van der Waals surface area contributed by atoms with Gasteiger partial charge in [0.05, 0.1) is 5.25 Å². The van der Waals surface area contributed by atoms with Crippen molar-refractivity contribution in [2.45, 2.75) is 49.9 Å². The van der Waals surface area contributed by atoms with Crippen LogP contribution < -0.4 is 5.32 Å². The lowest BCUT2D eigenvalue weighted by Gasteiger charge is -2.31. The van der Waals surface area contributed by atoms with E-state index in [1.54, 1.807) is 12.1 Å². The van der Waals surface area contributed by atoms with Crippen LogP contribution in [0.3, 0.4) is 0 Å². The summed E-state index contributed by atoms with van der Waals surface area (Å²) in [6.45, 7) is 2.03. The molecule has 1 aromatic carbocycles. The van der Waals surface area contributed by atoms with Crippen LogP contribution in [-0.2, 0) is 9.84 Å². The molecule has 0 bridgehead atoms. The molecular weight excluding hydrogens is 277 g/mol. The minimum Gasteiger partial charge on any atom is -0.307 e. The van der Waals surface area contributed by atoms with Crippen molar-refractivity contribution in [1.82, 2.24) is 5.32 Å². The topological polar surface area (TPSA) is 46.2 Å². The standard InChI is InChI=1S/C15H22FNO2S/c1-11(12-6-8-13(16)9-7-12)17-14-4-3-5-15(10-14)20(2,18)19/h6-9,11,14-15,17H,3-5,10H2,1-2H3/t11-,14?,15?/m0/s1. The van der Waals surface area contributed by atoms with Crippen LogP contribution in [0.2, 0.25) is 0 Å². The molecule has 112 valence electrons. The Morgan fingerprint density at radius 2 is 1.90 bits per heavy atom. The predicted molar refractivity (Wildman–Crippen MR) is 78.8 cm³/mol. The molecule has 1 saturated carbocycles. The molecule has 0 saturated heterocycles. The molecule has 0 amide bonds. The molecule has 2 rings (SSSR count).